The third-order valence-electron chi connectivity index (χ3n) is 0.316. The van der Waals surface area contributed by atoms with Gasteiger partial charge in [0.25, 0.3) is 0 Å². The average molecular weight is 128 g/mol. The Morgan fingerprint density at radius 1 is 1.00 bits per heavy atom. The van der Waals surface area contributed by atoms with Crippen molar-refractivity contribution >= 4 is 0 Å². The molecule has 9 heavy (non-hydrogen) atoms. The molecule has 0 heterocycles. The summed E-state index contributed by atoms with van der Waals surface area (Å²) < 4.78 is 0. The van der Waals surface area contributed by atoms with Gasteiger partial charge in [0, 0.05) is 12.8 Å². The second-order valence-corrected chi connectivity index (χ2v) is 1.02. The minimum absolute atomic E-state index is 0. The minimum atomic E-state index is 0. The smallest absolute Gasteiger partial charge is 0.0618 e. The van der Waals surface area contributed by atoms with Crippen LogP contribution in [0.1, 0.15) is 26.7 Å². The predicted molar refractivity (Wildman–Crippen MR) is 35.4 cm³/mol. The van der Waals surface area contributed by atoms with Crippen LogP contribution >= 0.6 is 0 Å². The van der Waals surface area contributed by atoms with E-state index in [9.17, 15) is 0 Å². The molecule has 2 N–H and O–H groups in total. The molecule has 0 aliphatic heterocycles. The van der Waals surface area contributed by atoms with Crippen molar-refractivity contribution in [3.8, 4) is 12.1 Å². The molecule has 0 saturated heterocycles. The third-order valence-corrected chi connectivity index (χ3v) is 0.316. The van der Waals surface area contributed by atoms with Crippen LogP contribution in [0.3, 0.4) is 0 Å². The van der Waals surface area contributed by atoms with Gasteiger partial charge in [0.15, 0.2) is 0 Å². The number of rotatable bonds is 0. The van der Waals surface area contributed by atoms with E-state index in [1.54, 1.807) is 0 Å². The highest BCUT2D eigenvalue weighted by Crippen LogP contribution is 1.58. The zero-order valence-electron chi connectivity index (χ0n) is 5.81. The SMILES string of the molecule is CCC#N.CCC#N.O. The summed E-state index contributed by atoms with van der Waals surface area (Å²) in [6.07, 6.45) is 1.25. The van der Waals surface area contributed by atoms with Crippen LogP contribution < -0.4 is 0 Å². The zero-order valence-corrected chi connectivity index (χ0v) is 5.81. The van der Waals surface area contributed by atoms with E-state index in [1.165, 1.54) is 0 Å². The Kier molecular flexibility index (Phi) is 49.3. The van der Waals surface area contributed by atoms with Crippen LogP contribution in [0.5, 0.6) is 0 Å². The zero-order chi connectivity index (χ0) is 6.83. The van der Waals surface area contributed by atoms with E-state index >= 15 is 0 Å². The van der Waals surface area contributed by atoms with Gasteiger partial charge in [-0.3, -0.25) is 0 Å². The maximum absolute atomic E-state index is 7.62. The Bertz CT molecular complexity index is 84.6. The van der Waals surface area contributed by atoms with E-state index in [0.29, 0.717) is 12.8 Å². The molecule has 0 aromatic carbocycles. The molecule has 0 aliphatic rings. The highest BCUT2D eigenvalue weighted by atomic mass is 16.0. The summed E-state index contributed by atoms with van der Waals surface area (Å²) >= 11 is 0. The Labute approximate surface area is 55.8 Å². The normalized spacial score (nSPS) is 4.44. The van der Waals surface area contributed by atoms with Crippen LogP contribution in [0.4, 0.5) is 0 Å². The average Bonchev–Trinajstić information content (AvgIpc) is 1.88. The fraction of sp³-hybridized carbons (Fsp3) is 0.667. The fourth-order valence-corrected chi connectivity index (χ4v) is 0. The van der Waals surface area contributed by atoms with Crippen LogP contribution in [0.2, 0.25) is 0 Å². The topological polar surface area (TPSA) is 79.1 Å². The number of nitrogens with zero attached hydrogens (tertiary/aromatic N) is 2. The molecule has 0 atom stereocenters. The van der Waals surface area contributed by atoms with Crippen LogP contribution in [0.25, 0.3) is 0 Å². The molecule has 0 aliphatic carbocycles. The van der Waals surface area contributed by atoms with Crippen LogP contribution in [-0.4, -0.2) is 5.48 Å². The lowest BCUT2D eigenvalue weighted by atomic mass is 10.6. The molecule has 0 rings (SSSR count). The largest absolute Gasteiger partial charge is 0.412 e. The summed E-state index contributed by atoms with van der Waals surface area (Å²) in [5.74, 6) is 0. The lowest BCUT2D eigenvalue weighted by molar-refractivity contribution is 0.824. The molecule has 0 amide bonds. The van der Waals surface area contributed by atoms with E-state index in [-0.39, 0.29) is 5.48 Å². The van der Waals surface area contributed by atoms with Gasteiger partial charge in [-0.1, -0.05) is 13.8 Å². The van der Waals surface area contributed by atoms with Crippen molar-refractivity contribution in [2.45, 2.75) is 26.7 Å². The second-order valence-electron chi connectivity index (χ2n) is 1.02. The minimum Gasteiger partial charge on any atom is -0.412 e. The van der Waals surface area contributed by atoms with Crippen molar-refractivity contribution in [2.75, 3.05) is 0 Å². The number of hydrogen-bond acceptors (Lipinski definition) is 2. The van der Waals surface area contributed by atoms with Gasteiger partial charge < -0.3 is 5.48 Å². The Morgan fingerprint density at radius 3 is 1.11 bits per heavy atom. The van der Waals surface area contributed by atoms with Crippen molar-refractivity contribution in [1.82, 2.24) is 0 Å². The molecule has 0 aromatic heterocycles. The molecule has 0 spiro atoms. The molecule has 0 saturated carbocycles. The summed E-state index contributed by atoms with van der Waals surface area (Å²) in [6.45, 7) is 3.64. The Hall–Kier alpha value is -1.06. The molecule has 3 heteroatoms. The van der Waals surface area contributed by atoms with Gasteiger partial charge in [-0.15, -0.1) is 0 Å². The highest BCUT2D eigenvalue weighted by Gasteiger charge is 1.50. The Balaban J connectivity index is -0.0000000720. The summed E-state index contributed by atoms with van der Waals surface area (Å²) in [6, 6.07) is 3.86. The maximum atomic E-state index is 7.62. The maximum Gasteiger partial charge on any atom is 0.0618 e. The lowest BCUT2D eigenvalue weighted by Crippen LogP contribution is -1.38. The first-order valence-electron chi connectivity index (χ1n) is 2.57. The number of nitriles is 2. The molecule has 3 nitrogen and oxygen atoms in total. The van der Waals surface area contributed by atoms with E-state index < -0.39 is 0 Å². The monoisotopic (exact) mass is 128 g/mol. The van der Waals surface area contributed by atoms with Crippen LogP contribution in [-0.2, 0) is 0 Å². The predicted octanol–water partition coefficient (Wildman–Crippen LogP) is 1.02. The summed E-state index contributed by atoms with van der Waals surface area (Å²) in [5.41, 5.74) is 0. The first kappa shape index (κ1) is 15.7. The van der Waals surface area contributed by atoms with Crippen LogP contribution in [0.15, 0.2) is 0 Å². The summed E-state index contributed by atoms with van der Waals surface area (Å²) in [5, 5.41) is 15.2. The first-order chi connectivity index (χ1) is 3.83. The van der Waals surface area contributed by atoms with Crippen molar-refractivity contribution in [3.63, 3.8) is 0 Å². The molecule has 0 bridgehead atoms. The summed E-state index contributed by atoms with van der Waals surface area (Å²) in [4.78, 5) is 0. The molecule has 0 radical (unpaired) electrons. The molecule has 0 aromatic rings. The van der Waals surface area contributed by atoms with Crippen molar-refractivity contribution in [3.05, 3.63) is 0 Å². The van der Waals surface area contributed by atoms with Gasteiger partial charge in [-0.25, -0.2) is 0 Å². The van der Waals surface area contributed by atoms with Gasteiger partial charge in [-0.2, -0.15) is 10.5 Å². The number of hydrogen-bond donors (Lipinski definition) is 0. The van der Waals surface area contributed by atoms with Crippen LogP contribution in [0, 0.1) is 22.7 Å². The van der Waals surface area contributed by atoms with Gasteiger partial charge in [0.2, 0.25) is 0 Å². The molecule has 0 fully saturated rings. The van der Waals surface area contributed by atoms with Crippen molar-refractivity contribution < 1.29 is 5.48 Å². The molecule has 52 valence electrons. The van der Waals surface area contributed by atoms with E-state index in [1.807, 2.05) is 26.0 Å². The van der Waals surface area contributed by atoms with Gasteiger partial charge in [-0.05, 0) is 0 Å². The quantitative estimate of drug-likeness (QED) is 0.488. The second kappa shape index (κ2) is 28.3. The fourth-order valence-electron chi connectivity index (χ4n) is 0. The van der Waals surface area contributed by atoms with E-state index in [2.05, 4.69) is 0 Å². The molecular formula is C6H12N2O. The van der Waals surface area contributed by atoms with Crippen molar-refractivity contribution in [1.29, 1.82) is 10.5 Å². The van der Waals surface area contributed by atoms with Gasteiger partial charge >= 0.3 is 0 Å². The first-order valence-corrected chi connectivity index (χ1v) is 2.57. The summed E-state index contributed by atoms with van der Waals surface area (Å²) in [7, 11) is 0. The lowest BCUT2D eigenvalue weighted by Gasteiger charge is -1.47. The van der Waals surface area contributed by atoms with Crippen molar-refractivity contribution in [2.24, 2.45) is 0 Å². The standard InChI is InChI=1S/2C3H5N.H2O/c2*1-2-3-4;/h2*2H2,1H3;1H2. The Morgan fingerprint density at radius 2 is 1.11 bits per heavy atom. The highest BCUT2D eigenvalue weighted by molar-refractivity contribution is 4.62. The molecule has 0 unspecified atom stereocenters. The van der Waals surface area contributed by atoms with Gasteiger partial charge in [0.05, 0.1) is 12.1 Å². The van der Waals surface area contributed by atoms with Gasteiger partial charge in [0.1, 0.15) is 0 Å². The third kappa shape index (κ3) is 192. The molecular weight excluding hydrogens is 116 g/mol. The van der Waals surface area contributed by atoms with E-state index in [0.717, 1.165) is 0 Å². The van der Waals surface area contributed by atoms with E-state index in [4.69, 9.17) is 10.5 Å².